The largest absolute Gasteiger partial charge is 0.364 e. The number of aromatic nitrogens is 3. The number of hydroxylamine groups is 1. The van der Waals surface area contributed by atoms with Crippen molar-refractivity contribution in [2.24, 2.45) is 0 Å². The zero-order chi connectivity index (χ0) is 15.5. The van der Waals surface area contributed by atoms with Gasteiger partial charge in [0.15, 0.2) is 0 Å². The monoisotopic (exact) mass is 302 g/mol. The highest BCUT2D eigenvalue weighted by molar-refractivity contribution is 5.36. The fourth-order valence-electron chi connectivity index (χ4n) is 1.51. The van der Waals surface area contributed by atoms with Gasteiger partial charge in [-0.25, -0.2) is 5.48 Å². The first-order chi connectivity index (χ1) is 10.2. The normalized spacial score (nSPS) is 10.7. The highest BCUT2D eigenvalue weighted by atomic mass is 16.5. The van der Waals surface area contributed by atoms with E-state index in [2.05, 4.69) is 25.7 Å². The van der Waals surface area contributed by atoms with E-state index in [9.17, 15) is 0 Å². The highest BCUT2D eigenvalue weighted by Crippen LogP contribution is 2.11. The third kappa shape index (κ3) is 6.14. The summed E-state index contributed by atoms with van der Waals surface area (Å²) in [5.41, 5.74) is 2.07. The molecule has 0 aromatic carbocycles. The van der Waals surface area contributed by atoms with Gasteiger partial charge in [-0.2, -0.15) is 15.0 Å². The average molecular weight is 302 g/mol. The second kappa shape index (κ2) is 10.2. The maximum atomic E-state index is 8.68. The summed E-state index contributed by atoms with van der Waals surface area (Å²) in [5, 5.41) is 11.6. The second-order valence-corrected chi connectivity index (χ2v) is 4.02. The van der Waals surface area contributed by atoms with Crippen molar-refractivity contribution in [3.8, 4) is 0 Å². The molecule has 0 spiro atoms. The topological polar surface area (TPSA) is 114 Å². The van der Waals surface area contributed by atoms with Crippen molar-refractivity contribution in [3.05, 3.63) is 5.82 Å². The first-order valence-corrected chi connectivity index (χ1v) is 6.32. The number of nitrogens with zero attached hydrogens (tertiary/aromatic N) is 4. The molecule has 10 heteroatoms. The number of nitrogens with one attached hydrogen (secondary N) is 2. The molecule has 1 heterocycles. The molecule has 0 unspecified atom stereocenters. The molecular weight excluding hydrogens is 280 g/mol. The summed E-state index contributed by atoms with van der Waals surface area (Å²) in [7, 11) is 4.71. The number of hydrogen-bond acceptors (Lipinski definition) is 10. The van der Waals surface area contributed by atoms with Crippen LogP contribution in [0.25, 0.3) is 0 Å². The van der Waals surface area contributed by atoms with Crippen LogP contribution in [0.2, 0.25) is 0 Å². The van der Waals surface area contributed by atoms with Crippen LogP contribution in [-0.4, -0.2) is 68.2 Å². The minimum absolute atomic E-state index is 0.274. The SMILES string of the molecule is COCNc1nc(CCNO)nc(N(COC)COC)n1. The van der Waals surface area contributed by atoms with Gasteiger partial charge in [0.1, 0.15) is 26.0 Å². The van der Waals surface area contributed by atoms with Crippen molar-refractivity contribution in [1.82, 2.24) is 20.4 Å². The predicted octanol–water partition coefficient (Wildman–Crippen LogP) is -0.577. The van der Waals surface area contributed by atoms with Crippen LogP contribution in [0.4, 0.5) is 11.9 Å². The molecule has 1 aromatic rings. The Morgan fingerprint density at radius 3 is 2.33 bits per heavy atom. The number of rotatable bonds is 11. The lowest BCUT2D eigenvalue weighted by molar-refractivity contribution is 0.138. The number of anilines is 2. The molecule has 0 aliphatic rings. The Bertz CT molecular complexity index is 376. The van der Waals surface area contributed by atoms with Crippen molar-refractivity contribution in [3.63, 3.8) is 0 Å². The van der Waals surface area contributed by atoms with Crippen LogP contribution in [0, 0.1) is 0 Å². The first kappa shape index (κ1) is 17.5. The molecule has 0 saturated heterocycles. The van der Waals surface area contributed by atoms with E-state index >= 15 is 0 Å². The van der Waals surface area contributed by atoms with Gasteiger partial charge in [0, 0.05) is 34.3 Å². The van der Waals surface area contributed by atoms with Crippen LogP contribution >= 0.6 is 0 Å². The number of methoxy groups -OCH3 is 3. The Morgan fingerprint density at radius 2 is 1.76 bits per heavy atom. The van der Waals surface area contributed by atoms with E-state index in [1.807, 2.05) is 0 Å². The van der Waals surface area contributed by atoms with E-state index in [0.717, 1.165) is 0 Å². The van der Waals surface area contributed by atoms with E-state index in [1.54, 1.807) is 26.2 Å². The molecule has 0 aliphatic carbocycles. The van der Waals surface area contributed by atoms with E-state index in [1.165, 1.54) is 0 Å². The van der Waals surface area contributed by atoms with Crippen molar-refractivity contribution in [2.45, 2.75) is 6.42 Å². The van der Waals surface area contributed by atoms with Gasteiger partial charge in [-0.1, -0.05) is 0 Å². The first-order valence-electron chi connectivity index (χ1n) is 6.32. The number of ether oxygens (including phenoxy) is 3. The average Bonchev–Trinajstić information content (AvgIpc) is 2.50. The molecule has 3 N–H and O–H groups in total. The maximum Gasteiger partial charge on any atom is 0.234 e. The quantitative estimate of drug-likeness (QED) is 0.362. The molecule has 0 radical (unpaired) electrons. The molecule has 1 rings (SSSR count). The van der Waals surface area contributed by atoms with Crippen molar-refractivity contribution in [2.75, 3.05) is 58.3 Å². The zero-order valence-corrected chi connectivity index (χ0v) is 12.5. The van der Waals surface area contributed by atoms with Gasteiger partial charge in [0.2, 0.25) is 11.9 Å². The molecular formula is C11H22N6O4. The van der Waals surface area contributed by atoms with E-state index in [0.29, 0.717) is 30.7 Å². The molecule has 0 aliphatic heterocycles. The third-order valence-electron chi connectivity index (χ3n) is 2.36. The summed E-state index contributed by atoms with van der Waals surface area (Å²) >= 11 is 0. The van der Waals surface area contributed by atoms with Gasteiger partial charge >= 0.3 is 0 Å². The third-order valence-corrected chi connectivity index (χ3v) is 2.36. The van der Waals surface area contributed by atoms with E-state index in [4.69, 9.17) is 19.4 Å². The molecule has 21 heavy (non-hydrogen) atoms. The van der Waals surface area contributed by atoms with Gasteiger partial charge in [0.05, 0.1) is 0 Å². The minimum Gasteiger partial charge on any atom is -0.364 e. The predicted molar refractivity (Wildman–Crippen MR) is 75.0 cm³/mol. The summed E-state index contributed by atoms with van der Waals surface area (Å²) in [6.07, 6.45) is 0.446. The Labute approximate surface area is 123 Å². The van der Waals surface area contributed by atoms with Gasteiger partial charge in [-0.05, 0) is 0 Å². The lowest BCUT2D eigenvalue weighted by Crippen LogP contribution is -2.30. The van der Waals surface area contributed by atoms with E-state index in [-0.39, 0.29) is 20.2 Å². The maximum absolute atomic E-state index is 8.68. The van der Waals surface area contributed by atoms with Crippen LogP contribution in [0.1, 0.15) is 5.82 Å². The van der Waals surface area contributed by atoms with Gasteiger partial charge < -0.3 is 24.7 Å². The Balaban J connectivity index is 2.96. The Kier molecular flexibility index (Phi) is 8.47. The second-order valence-electron chi connectivity index (χ2n) is 4.02. The lowest BCUT2D eigenvalue weighted by Gasteiger charge is -2.21. The van der Waals surface area contributed by atoms with Crippen molar-refractivity contribution >= 4 is 11.9 Å². The molecule has 0 fully saturated rings. The summed E-state index contributed by atoms with van der Waals surface area (Å²) in [6, 6.07) is 0. The van der Waals surface area contributed by atoms with Gasteiger partial charge in [0.25, 0.3) is 0 Å². The van der Waals surface area contributed by atoms with Crippen LogP contribution < -0.4 is 15.7 Å². The summed E-state index contributed by atoms with van der Waals surface area (Å²) in [5.74, 6) is 1.32. The summed E-state index contributed by atoms with van der Waals surface area (Å²) in [6.45, 7) is 1.16. The van der Waals surface area contributed by atoms with Crippen LogP contribution in [0.3, 0.4) is 0 Å². The Hall–Kier alpha value is -1.59. The fourth-order valence-corrected chi connectivity index (χ4v) is 1.51. The highest BCUT2D eigenvalue weighted by Gasteiger charge is 2.13. The molecule has 0 bridgehead atoms. The fraction of sp³-hybridized carbons (Fsp3) is 0.727. The van der Waals surface area contributed by atoms with Gasteiger partial charge in [-0.3, -0.25) is 4.90 Å². The Morgan fingerprint density at radius 1 is 1.05 bits per heavy atom. The van der Waals surface area contributed by atoms with Gasteiger partial charge in [-0.15, -0.1) is 0 Å². The molecule has 0 amide bonds. The molecule has 0 atom stereocenters. The summed E-state index contributed by atoms with van der Waals surface area (Å²) in [4.78, 5) is 14.6. The standard InChI is InChI=1S/C11H22N6O4/c1-19-6-12-10-14-9(4-5-13-18)15-11(16-10)17(7-20-2)8-21-3/h13,18H,4-8H2,1-3H3,(H,12,14,15,16). The van der Waals surface area contributed by atoms with Crippen molar-refractivity contribution in [1.29, 1.82) is 0 Å². The smallest absolute Gasteiger partial charge is 0.234 e. The van der Waals surface area contributed by atoms with Crippen LogP contribution in [0.5, 0.6) is 0 Å². The molecule has 1 aromatic heterocycles. The minimum atomic E-state index is 0.274. The molecule has 0 saturated carbocycles. The lowest BCUT2D eigenvalue weighted by atomic mass is 10.4. The van der Waals surface area contributed by atoms with Crippen LogP contribution in [0.15, 0.2) is 0 Å². The molecule has 120 valence electrons. The number of hydrogen-bond donors (Lipinski definition) is 3. The van der Waals surface area contributed by atoms with Crippen molar-refractivity contribution < 1.29 is 19.4 Å². The molecule has 10 nitrogen and oxygen atoms in total. The zero-order valence-electron chi connectivity index (χ0n) is 12.5. The van der Waals surface area contributed by atoms with E-state index < -0.39 is 0 Å². The summed E-state index contributed by atoms with van der Waals surface area (Å²) < 4.78 is 15.1. The van der Waals surface area contributed by atoms with Crippen LogP contribution in [-0.2, 0) is 20.6 Å².